The van der Waals surface area contributed by atoms with E-state index in [9.17, 15) is 19.5 Å². The zero-order valence-corrected chi connectivity index (χ0v) is 29.3. The summed E-state index contributed by atoms with van der Waals surface area (Å²) >= 11 is 3.08. The highest BCUT2D eigenvalue weighted by Gasteiger charge is 2.58. The van der Waals surface area contributed by atoms with E-state index in [2.05, 4.69) is 55.0 Å². The van der Waals surface area contributed by atoms with Gasteiger partial charge in [0.05, 0.1) is 42.7 Å². The minimum absolute atomic E-state index is 0.00566. The normalized spacial score (nSPS) is 31.6. The van der Waals surface area contributed by atoms with E-state index >= 15 is 0 Å². The molecule has 1 aromatic rings. The number of aromatic nitrogens is 2. The first-order chi connectivity index (χ1) is 22.4. The number of carbonyl (C=O) groups excluding carboxylic acids is 3. The van der Waals surface area contributed by atoms with Crippen molar-refractivity contribution in [3.63, 3.8) is 0 Å². The predicted molar refractivity (Wildman–Crippen MR) is 177 cm³/mol. The lowest BCUT2D eigenvalue weighted by Gasteiger charge is -2.39. The third-order valence-electron chi connectivity index (χ3n) is 8.84. The van der Waals surface area contributed by atoms with Crippen LogP contribution in [0, 0.1) is 12.8 Å². The lowest BCUT2D eigenvalue weighted by atomic mass is 9.87. The van der Waals surface area contributed by atoms with Crippen LogP contribution in [-0.4, -0.2) is 100 Å². The van der Waals surface area contributed by atoms with Gasteiger partial charge in [-0.2, -0.15) is 4.98 Å². The number of halogens is 1. The summed E-state index contributed by atoms with van der Waals surface area (Å²) in [5.41, 5.74) is 0.307. The Morgan fingerprint density at radius 3 is 2.53 bits per heavy atom. The van der Waals surface area contributed by atoms with Gasteiger partial charge in [-0.05, 0) is 38.7 Å². The van der Waals surface area contributed by atoms with Gasteiger partial charge in [-0.25, -0.2) is 0 Å². The molecule has 4 N–H and O–H groups in total. The number of nitrogens with zero attached hydrogens (tertiary/aromatic N) is 2. The van der Waals surface area contributed by atoms with Crippen molar-refractivity contribution in [3.05, 3.63) is 47.7 Å². The fraction of sp³-hybridized carbons (Fsp3) is 0.667. The van der Waals surface area contributed by atoms with Gasteiger partial charge in [0.15, 0.2) is 5.82 Å². The molecule has 260 valence electrons. The van der Waals surface area contributed by atoms with Gasteiger partial charge in [-0.3, -0.25) is 14.4 Å². The van der Waals surface area contributed by atoms with Crippen LogP contribution in [0.5, 0.6) is 0 Å². The quantitative estimate of drug-likeness (QED) is 0.0734. The average Bonchev–Trinajstić information content (AvgIpc) is 3.67. The molecule has 3 saturated heterocycles. The second kappa shape index (κ2) is 17.0. The summed E-state index contributed by atoms with van der Waals surface area (Å²) in [5, 5.41) is 23.6. The molecule has 13 nitrogen and oxygen atoms in total. The highest BCUT2D eigenvalue weighted by molar-refractivity contribution is 9.09. The van der Waals surface area contributed by atoms with Crippen LogP contribution in [-0.2, 0) is 28.6 Å². The zero-order valence-electron chi connectivity index (χ0n) is 27.7. The molecule has 4 heterocycles. The van der Waals surface area contributed by atoms with Gasteiger partial charge in [0.2, 0.25) is 23.6 Å². The minimum atomic E-state index is -0.832. The van der Waals surface area contributed by atoms with Crippen molar-refractivity contribution in [1.82, 2.24) is 26.1 Å². The van der Waals surface area contributed by atoms with E-state index in [-0.39, 0.29) is 59.6 Å². The third-order valence-corrected chi connectivity index (χ3v) is 9.35. The standard InChI is InChI=1S/C33H48BrN5O8/c1-19(7-10-27-31(43)33(18-44-33)16-24(46-27)15-29(41)35-12-13-36-30(42)17-34)6-9-26-21(3)14-25(22(4)45-26)38-28(40)11-8-20(2)32-37-23(5)47-39-32/h6-8,10-11,20-22,24-27,31,43H,9,12-18H2,1-5H3,(H,35,41)(H,36,42)(H,38,40)/b10-7+,11-8-,19-6+/t20-,21+,22-,24-,25-,26+,27-,31-,33-/m1/s1. The lowest BCUT2D eigenvalue weighted by Crippen LogP contribution is -2.51. The van der Waals surface area contributed by atoms with Crippen LogP contribution in [0.1, 0.15) is 71.0 Å². The van der Waals surface area contributed by atoms with E-state index in [1.165, 1.54) is 6.08 Å². The Kier molecular flexibility index (Phi) is 13.3. The van der Waals surface area contributed by atoms with Crippen molar-refractivity contribution >= 4 is 33.7 Å². The van der Waals surface area contributed by atoms with Crippen molar-refractivity contribution in [2.45, 2.75) is 108 Å². The Balaban J connectivity index is 1.23. The number of epoxide rings is 1. The van der Waals surface area contributed by atoms with E-state index in [1.807, 2.05) is 32.9 Å². The van der Waals surface area contributed by atoms with Crippen molar-refractivity contribution in [3.8, 4) is 0 Å². The molecule has 14 heteroatoms. The van der Waals surface area contributed by atoms with Crippen LogP contribution in [0.15, 0.2) is 40.5 Å². The van der Waals surface area contributed by atoms with E-state index < -0.39 is 23.9 Å². The highest BCUT2D eigenvalue weighted by Crippen LogP contribution is 2.43. The van der Waals surface area contributed by atoms with Gasteiger partial charge in [-0.1, -0.05) is 64.8 Å². The summed E-state index contributed by atoms with van der Waals surface area (Å²) in [6.07, 6.45) is 9.16. The predicted octanol–water partition coefficient (Wildman–Crippen LogP) is 2.53. The first-order valence-corrected chi connectivity index (χ1v) is 17.4. The van der Waals surface area contributed by atoms with Crippen LogP contribution in [0.2, 0.25) is 0 Å². The molecule has 47 heavy (non-hydrogen) atoms. The second-order valence-corrected chi connectivity index (χ2v) is 13.4. The van der Waals surface area contributed by atoms with Gasteiger partial charge in [0.1, 0.15) is 17.8 Å². The largest absolute Gasteiger partial charge is 0.387 e. The fourth-order valence-corrected chi connectivity index (χ4v) is 6.11. The van der Waals surface area contributed by atoms with Crippen molar-refractivity contribution < 1.29 is 38.2 Å². The maximum atomic E-state index is 12.6. The van der Waals surface area contributed by atoms with Crippen LogP contribution < -0.4 is 16.0 Å². The van der Waals surface area contributed by atoms with Gasteiger partial charge >= 0.3 is 0 Å². The van der Waals surface area contributed by atoms with Gasteiger partial charge in [0.25, 0.3) is 0 Å². The zero-order chi connectivity index (χ0) is 34.1. The van der Waals surface area contributed by atoms with E-state index in [4.69, 9.17) is 18.7 Å². The molecule has 0 unspecified atom stereocenters. The molecule has 3 amide bonds. The number of alkyl halides is 1. The molecule has 9 atom stereocenters. The summed E-state index contributed by atoms with van der Waals surface area (Å²) < 4.78 is 23.1. The number of allylic oxidation sites excluding steroid dienone is 3. The van der Waals surface area contributed by atoms with Gasteiger partial charge in [0, 0.05) is 32.4 Å². The number of rotatable bonds is 14. The van der Waals surface area contributed by atoms with Gasteiger partial charge in [-0.15, -0.1) is 0 Å². The summed E-state index contributed by atoms with van der Waals surface area (Å²) in [4.78, 5) is 40.6. The molecule has 0 radical (unpaired) electrons. The molecule has 3 aliphatic rings. The monoisotopic (exact) mass is 721 g/mol. The van der Waals surface area contributed by atoms with Crippen molar-refractivity contribution in [2.24, 2.45) is 5.92 Å². The van der Waals surface area contributed by atoms with Gasteiger partial charge < -0.3 is 39.8 Å². The molecule has 3 aliphatic heterocycles. The molecule has 4 rings (SSSR count). The number of aryl methyl sites for hydroxylation is 1. The molecule has 0 aliphatic carbocycles. The minimum Gasteiger partial charge on any atom is -0.387 e. The third kappa shape index (κ3) is 10.8. The average molecular weight is 723 g/mol. The number of amides is 3. The number of hydrogen-bond acceptors (Lipinski definition) is 10. The van der Waals surface area contributed by atoms with Crippen molar-refractivity contribution in [2.75, 3.05) is 25.0 Å². The Morgan fingerprint density at radius 2 is 1.87 bits per heavy atom. The Labute approximate surface area is 284 Å². The van der Waals surface area contributed by atoms with Crippen LogP contribution in [0.4, 0.5) is 0 Å². The first kappa shape index (κ1) is 36.9. The van der Waals surface area contributed by atoms with Crippen LogP contribution >= 0.6 is 15.9 Å². The molecule has 0 bridgehead atoms. The SMILES string of the molecule is CC(/C=C/[C@H]1O[C@H](CC(=O)NCCNC(=O)CBr)C[C@@]2(CO2)[C@@H]1O)=C\C[C@@H]1O[C@H](C)[C@H](NC(=O)/C=C\[C@@H](C)c2noc(C)n2)C[C@@H]1C. The molecular weight excluding hydrogens is 674 g/mol. The number of nitrogens with one attached hydrogen (secondary N) is 3. The highest BCUT2D eigenvalue weighted by atomic mass is 79.9. The maximum absolute atomic E-state index is 12.6. The summed E-state index contributed by atoms with van der Waals surface area (Å²) in [6, 6.07) is -0.108. The Hall–Kier alpha value is -2.91. The number of aliphatic hydroxyl groups is 1. The van der Waals surface area contributed by atoms with E-state index in [0.717, 1.165) is 12.0 Å². The molecule has 1 spiro atoms. The van der Waals surface area contributed by atoms with Crippen LogP contribution in [0.25, 0.3) is 0 Å². The summed E-state index contributed by atoms with van der Waals surface area (Å²) in [7, 11) is 0. The van der Waals surface area contributed by atoms with E-state index in [1.54, 1.807) is 13.0 Å². The van der Waals surface area contributed by atoms with E-state index in [0.29, 0.717) is 44.3 Å². The summed E-state index contributed by atoms with van der Waals surface area (Å²) in [6.45, 7) is 10.8. The molecule has 0 aromatic carbocycles. The molecular formula is C33H48BrN5O8. The number of aliphatic hydroxyl groups excluding tert-OH is 1. The molecule has 0 saturated carbocycles. The molecule has 3 fully saturated rings. The maximum Gasteiger partial charge on any atom is 0.243 e. The fourth-order valence-electron chi connectivity index (χ4n) is 5.91. The number of hydrogen-bond donors (Lipinski definition) is 4. The van der Waals surface area contributed by atoms with Crippen LogP contribution in [0.3, 0.4) is 0 Å². The Bertz CT molecular complexity index is 1330. The smallest absolute Gasteiger partial charge is 0.243 e. The topological polar surface area (TPSA) is 177 Å². The Morgan fingerprint density at radius 1 is 1.15 bits per heavy atom. The first-order valence-electron chi connectivity index (χ1n) is 16.2. The number of carbonyl (C=O) groups is 3. The van der Waals surface area contributed by atoms with Crippen molar-refractivity contribution in [1.29, 1.82) is 0 Å². The second-order valence-electron chi connectivity index (χ2n) is 12.8. The lowest BCUT2D eigenvalue weighted by molar-refractivity contribution is -0.145. The number of ether oxygens (including phenoxy) is 3. The molecule has 1 aromatic heterocycles. The summed E-state index contributed by atoms with van der Waals surface area (Å²) in [5.74, 6) is 0.577.